The van der Waals surface area contributed by atoms with Crippen LogP contribution in [0.5, 0.6) is 11.5 Å². The molecule has 0 atom stereocenters. The molecule has 0 radical (unpaired) electrons. The molecule has 0 aliphatic carbocycles. The molecular weight excluding hydrogens is 388 g/mol. The second-order valence-corrected chi connectivity index (χ2v) is 6.35. The maximum atomic E-state index is 6.14. The van der Waals surface area contributed by atoms with E-state index < -0.39 is 0 Å². The van der Waals surface area contributed by atoms with E-state index in [4.69, 9.17) is 33.3 Å². The predicted octanol–water partition coefficient (Wildman–Crippen LogP) is 4.32. The Labute approximate surface area is 146 Å². The molecule has 22 heavy (non-hydrogen) atoms. The van der Waals surface area contributed by atoms with E-state index in [1.54, 1.807) is 0 Å². The van der Waals surface area contributed by atoms with Gasteiger partial charge in [0.05, 0.1) is 10.7 Å². The van der Waals surface area contributed by atoms with Gasteiger partial charge in [-0.05, 0) is 48.1 Å². The molecule has 1 aliphatic rings. The normalized spacial score (nSPS) is 12.1. The van der Waals surface area contributed by atoms with Crippen molar-refractivity contribution in [2.24, 2.45) is 0 Å². The van der Waals surface area contributed by atoms with E-state index in [-0.39, 0.29) is 6.79 Å². The molecule has 0 amide bonds. The molecule has 0 fully saturated rings. The van der Waals surface area contributed by atoms with Gasteiger partial charge in [-0.1, -0.05) is 33.6 Å². The lowest BCUT2D eigenvalue weighted by Crippen LogP contribution is -2.27. The molecule has 0 unspecified atom stereocenters. The number of rotatable bonds is 3. The van der Waals surface area contributed by atoms with Gasteiger partial charge >= 0.3 is 0 Å². The minimum Gasteiger partial charge on any atom is -0.454 e. The smallest absolute Gasteiger partial charge is 0.231 e. The number of hydrogen-bond acceptors (Lipinski definition) is 3. The first-order valence-electron chi connectivity index (χ1n) is 6.50. The summed E-state index contributed by atoms with van der Waals surface area (Å²) in [4.78, 5) is 0. The third-order valence-electron chi connectivity index (χ3n) is 3.07. The summed E-state index contributed by atoms with van der Waals surface area (Å²) < 4.78 is 11.5. The van der Waals surface area contributed by atoms with Crippen LogP contribution in [-0.2, 0) is 6.54 Å². The lowest BCUT2D eigenvalue weighted by Gasteiger charge is -2.12. The van der Waals surface area contributed by atoms with Crippen LogP contribution in [0.25, 0.3) is 0 Å². The first-order valence-corrected chi connectivity index (χ1v) is 8.08. The summed E-state index contributed by atoms with van der Waals surface area (Å²) in [6.07, 6.45) is 0. The molecule has 2 N–H and O–H groups in total. The van der Waals surface area contributed by atoms with Crippen LogP contribution in [0, 0.1) is 0 Å². The van der Waals surface area contributed by atoms with E-state index in [1.807, 2.05) is 36.4 Å². The zero-order valence-corrected chi connectivity index (χ0v) is 14.5. The number of benzene rings is 2. The topological polar surface area (TPSA) is 42.5 Å². The highest BCUT2D eigenvalue weighted by atomic mass is 79.9. The molecule has 114 valence electrons. The van der Waals surface area contributed by atoms with Crippen LogP contribution < -0.4 is 20.1 Å². The largest absolute Gasteiger partial charge is 0.454 e. The molecule has 1 aliphatic heterocycles. The summed E-state index contributed by atoms with van der Waals surface area (Å²) in [7, 11) is 0. The van der Waals surface area contributed by atoms with Crippen molar-refractivity contribution in [1.82, 2.24) is 5.32 Å². The summed E-state index contributed by atoms with van der Waals surface area (Å²) >= 11 is 14.8. The van der Waals surface area contributed by atoms with Gasteiger partial charge in [0.2, 0.25) is 6.79 Å². The summed E-state index contributed by atoms with van der Waals surface area (Å²) in [5, 5.41) is 7.31. The Morgan fingerprint density at radius 2 is 2.00 bits per heavy atom. The maximum Gasteiger partial charge on any atom is 0.231 e. The SMILES string of the molecule is S=C(NCc1ccc2c(c1)OCO2)Nc1ccc(Br)cc1Cl. The Balaban J connectivity index is 1.58. The van der Waals surface area contributed by atoms with E-state index >= 15 is 0 Å². The Hall–Kier alpha value is -1.50. The monoisotopic (exact) mass is 398 g/mol. The van der Waals surface area contributed by atoms with Crippen molar-refractivity contribution in [1.29, 1.82) is 0 Å². The van der Waals surface area contributed by atoms with Crippen LogP contribution in [0.1, 0.15) is 5.56 Å². The van der Waals surface area contributed by atoms with Crippen LogP contribution in [0.4, 0.5) is 5.69 Å². The molecule has 0 spiro atoms. The number of thiocarbonyl (C=S) groups is 1. The zero-order chi connectivity index (χ0) is 15.5. The van der Waals surface area contributed by atoms with Gasteiger partial charge in [0.1, 0.15) is 0 Å². The number of hydrogen-bond donors (Lipinski definition) is 2. The number of anilines is 1. The number of ether oxygens (including phenoxy) is 2. The minimum absolute atomic E-state index is 0.272. The molecule has 0 bridgehead atoms. The van der Waals surface area contributed by atoms with Crippen LogP contribution in [0.3, 0.4) is 0 Å². The molecule has 1 heterocycles. The minimum atomic E-state index is 0.272. The first kappa shape index (κ1) is 15.4. The highest BCUT2D eigenvalue weighted by molar-refractivity contribution is 9.10. The standard InChI is InChI=1S/C15H12BrClN2O2S/c16-10-2-3-12(11(17)6-10)19-15(22)18-7-9-1-4-13-14(5-9)21-8-20-13/h1-6H,7-8H2,(H2,18,19,22). The number of halogens is 2. The lowest BCUT2D eigenvalue weighted by atomic mass is 10.2. The van der Waals surface area contributed by atoms with Gasteiger partial charge in [-0.3, -0.25) is 0 Å². The summed E-state index contributed by atoms with van der Waals surface area (Å²) in [5.74, 6) is 1.53. The molecule has 7 heteroatoms. The lowest BCUT2D eigenvalue weighted by molar-refractivity contribution is 0.174. The van der Waals surface area contributed by atoms with E-state index in [0.717, 1.165) is 27.2 Å². The molecule has 4 nitrogen and oxygen atoms in total. The third-order valence-corrected chi connectivity index (χ3v) is 4.12. The fourth-order valence-electron chi connectivity index (χ4n) is 1.99. The molecule has 0 saturated carbocycles. The van der Waals surface area contributed by atoms with Crippen LogP contribution in [-0.4, -0.2) is 11.9 Å². The highest BCUT2D eigenvalue weighted by Gasteiger charge is 2.13. The average molecular weight is 400 g/mol. The second kappa shape index (κ2) is 6.73. The maximum absolute atomic E-state index is 6.14. The van der Waals surface area contributed by atoms with Gasteiger partial charge in [-0.2, -0.15) is 0 Å². The molecule has 0 saturated heterocycles. The van der Waals surface area contributed by atoms with Crippen molar-refractivity contribution >= 4 is 50.5 Å². The van der Waals surface area contributed by atoms with E-state index in [1.165, 1.54) is 0 Å². The van der Waals surface area contributed by atoms with Gasteiger partial charge in [0, 0.05) is 11.0 Å². The van der Waals surface area contributed by atoms with Crippen molar-refractivity contribution in [3.63, 3.8) is 0 Å². The van der Waals surface area contributed by atoms with Gasteiger partial charge in [-0.15, -0.1) is 0 Å². The Morgan fingerprint density at radius 3 is 2.82 bits per heavy atom. The Kier molecular flexibility index (Phi) is 4.71. The first-order chi connectivity index (χ1) is 10.6. The Morgan fingerprint density at radius 1 is 1.18 bits per heavy atom. The molecular formula is C15H12BrClN2O2S. The van der Waals surface area contributed by atoms with Crippen LogP contribution >= 0.6 is 39.7 Å². The number of nitrogens with one attached hydrogen (secondary N) is 2. The fourth-order valence-corrected chi connectivity index (χ4v) is 2.89. The quantitative estimate of drug-likeness (QED) is 0.753. The van der Waals surface area contributed by atoms with Crippen LogP contribution in [0.15, 0.2) is 40.9 Å². The van der Waals surface area contributed by atoms with Crippen molar-refractivity contribution in [2.75, 3.05) is 12.1 Å². The fraction of sp³-hybridized carbons (Fsp3) is 0.133. The Bertz CT molecular complexity index is 727. The van der Waals surface area contributed by atoms with Gasteiger partial charge in [0.15, 0.2) is 16.6 Å². The van der Waals surface area contributed by atoms with Crippen molar-refractivity contribution < 1.29 is 9.47 Å². The molecule has 2 aromatic carbocycles. The highest BCUT2D eigenvalue weighted by Crippen LogP contribution is 2.32. The molecule has 2 aromatic rings. The third kappa shape index (κ3) is 3.63. The summed E-state index contributed by atoms with van der Waals surface area (Å²) in [6, 6.07) is 11.4. The number of fused-ring (bicyclic) bond motifs is 1. The van der Waals surface area contributed by atoms with Crippen molar-refractivity contribution in [3.05, 3.63) is 51.5 Å². The summed E-state index contributed by atoms with van der Waals surface area (Å²) in [6.45, 7) is 0.852. The van der Waals surface area contributed by atoms with E-state index in [2.05, 4.69) is 26.6 Å². The molecule has 3 rings (SSSR count). The van der Waals surface area contributed by atoms with Gasteiger partial charge < -0.3 is 20.1 Å². The van der Waals surface area contributed by atoms with Crippen LogP contribution in [0.2, 0.25) is 5.02 Å². The van der Waals surface area contributed by atoms with Gasteiger partial charge in [-0.25, -0.2) is 0 Å². The van der Waals surface area contributed by atoms with Crippen molar-refractivity contribution in [2.45, 2.75) is 6.54 Å². The zero-order valence-electron chi connectivity index (χ0n) is 11.4. The van der Waals surface area contributed by atoms with E-state index in [9.17, 15) is 0 Å². The second-order valence-electron chi connectivity index (χ2n) is 4.62. The average Bonchev–Trinajstić information content (AvgIpc) is 2.95. The molecule has 0 aromatic heterocycles. The summed E-state index contributed by atoms with van der Waals surface area (Å²) in [5.41, 5.74) is 1.81. The van der Waals surface area contributed by atoms with Crippen molar-refractivity contribution in [3.8, 4) is 11.5 Å². The van der Waals surface area contributed by atoms with E-state index in [0.29, 0.717) is 16.7 Å². The predicted molar refractivity (Wildman–Crippen MR) is 94.8 cm³/mol. The van der Waals surface area contributed by atoms with Gasteiger partial charge in [0.25, 0.3) is 0 Å².